The van der Waals surface area contributed by atoms with Crippen molar-refractivity contribution >= 4 is 16.2 Å². The van der Waals surface area contributed by atoms with E-state index in [1.54, 1.807) is 13.8 Å². The maximum Gasteiger partial charge on any atom is 0.534 e. The van der Waals surface area contributed by atoms with Crippen LogP contribution < -0.4 is 10.6 Å². The van der Waals surface area contributed by atoms with E-state index in [2.05, 4.69) is 0 Å². The lowest BCUT2D eigenvalue weighted by atomic mass is 10.1. The molecule has 0 aliphatic carbocycles. The van der Waals surface area contributed by atoms with Gasteiger partial charge in [-0.25, -0.2) is 17.5 Å². The lowest BCUT2D eigenvalue weighted by molar-refractivity contribution is 0.0121. The summed E-state index contributed by atoms with van der Waals surface area (Å²) in [6, 6.07) is 2.25. The molecule has 0 aromatic carbocycles. The van der Waals surface area contributed by atoms with Crippen LogP contribution in [0, 0.1) is 0 Å². The van der Waals surface area contributed by atoms with Crippen molar-refractivity contribution in [1.29, 1.82) is 0 Å². The van der Waals surface area contributed by atoms with E-state index in [0.717, 1.165) is 25.0 Å². The van der Waals surface area contributed by atoms with E-state index < -0.39 is 34.0 Å². The van der Waals surface area contributed by atoms with Crippen LogP contribution in [-0.2, 0) is 14.8 Å². The number of hydrogen-bond donors (Lipinski definition) is 3. The fraction of sp³-hybridized carbons (Fsp3) is 0.688. The number of rotatable bonds is 12. The van der Waals surface area contributed by atoms with E-state index in [0.29, 0.717) is 37.2 Å². The maximum atomic E-state index is 12.5. The molecule has 1 heterocycles. The standard InChI is InChI=1S/C16H29N3O7S/c1-3-18(4-2)27(23,24)12-13(8-6-5-7-11-17)25-16(22)26-19-14(20)9-10-15(19)21/h9-10,13,20-21H,3-8,11-12,17H2,1-2H3. The first-order valence-electron chi connectivity index (χ1n) is 8.91. The first-order chi connectivity index (χ1) is 12.7. The summed E-state index contributed by atoms with van der Waals surface area (Å²) in [5.41, 5.74) is 5.45. The third kappa shape index (κ3) is 7.27. The van der Waals surface area contributed by atoms with Crippen molar-refractivity contribution in [1.82, 2.24) is 9.04 Å². The Kier molecular flexibility index (Phi) is 9.39. The van der Waals surface area contributed by atoms with Crippen LogP contribution in [0.2, 0.25) is 0 Å². The highest BCUT2D eigenvalue weighted by atomic mass is 32.2. The minimum absolute atomic E-state index is 0.314. The average Bonchev–Trinajstić information content (AvgIpc) is 2.91. The van der Waals surface area contributed by atoms with Gasteiger partial charge in [0.2, 0.25) is 21.8 Å². The number of nitrogens with two attached hydrogens (primary N) is 1. The van der Waals surface area contributed by atoms with Crippen LogP contribution in [0.1, 0.15) is 39.5 Å². The summed E-state index contributed by atoms with van der Waals surface area (Å²) in [5.74, 6) is -1.38. The molecule has 0 saturated heterocycles. The van der Waals surface area contributed by atoms with Crippen molar-refractivity contribution in [3.05, 3.63) is 12.1 Å². The first-order valence-corrected chi connectivity index (χ1v) is 10.5. The highest BCUT2D eigenvalue weighted by molar-refractivity contribution is 7.89. The normalized spacial score (nSPS) is 12.9. The molecule has 0 amide bonds. The summed E-state index contributed by atoms with van der Waals surface area (Å²) < 4.78 is 31.9. The Hall–Kier alpha value is -1.98. The van der Waals surface area contributed by atoms with E-state index in [-0.39, 0.29) is 5.75 Å². The lowest BCUT2D eigenvalue weighted by Gasteiger charge is -2.23. The van der Waals surface area contributed by atoms with Gasteiger partial charge in [-0.3, -0.25) is 4.84 Å². The molecule has 27 heavy (non-hydrogen) atoms. The lowest BCUT2D eigenvalue weighted by Crippen LogP contribution is -2.39. The van der Waals surface area contributed by atoms with Crippen molar-refractivity contribution in [2.24, 2.45) is 5.73 Å². The van der Waals surface area contributed by atoms with Crippen LogP contribution >= 0.6 is 0 Å². The molecule has 1 atom stereocenters. The second kappa shape index (κ2) is 11.0. The number of aromatic nitrogens is 1. The summed E-state index contributed by atoms with van der Waals surface area (Å²) in [6.45, 7) is 4.61. The maximum absolute atomic E-state index is 12.5. The zero-order valence-electron chi connectivity index (χ0n) is 15.7. The smallest absolute Gasteiger partial charge is 0.492 e. The zero-order chi connectivity index (χ0) is 20.4. The second-order valence-electron chi connectivity index (χ2n) is 5.93. The Labute approximate surface area is 159 Å². The third-order valence-electron chi connectivity index (χ3n) is 3.95. The van der Waals surface area contributed by atoms with E-state index in [1.807, 2.05) is 0 Å². The van der Waals surface area contributed by atoms with Gasteiger partial charge in [0.05, 0.1) is 0 Å². The minimum atomic E-state index is -3.62. The predicted molar refractivity (Wildman–Crippen MR) is 98.8 cm³/mol. The largest absolute Gasteiger partial charge is 0.534 e. The second-order valence-corrected chi connectivity index (χ2v) is 7.94. The molecule has 0 fully saturated rings. The van der Waals surface area contributed by atoms with Crippen molar-refractivity contribution in [2.75, 3.05) is 25.4 Å². The summed E-state index contributed by atoms with van der Waals surface area (Å²) in [4.78, 5) is 16.7. The highest BCUT2D eigenvalue weighted by Crippen LogP contribution is 2.19. The molecule has 1 rings (SSSR count). The molecule has 11 heteroatoms. The molecule has 10 nitrogen and oxygen atoms in total. The monoisotopic (exact) mass is 407 g/mol. The molecule has 156 valence electrons. The van der Waals surface area contributed by atoms with Crippen LogP contribution in [0.5, 0.6) is 11.8 Å². The summed E-state index contributed by atoms with van der Waals surface area (Å²) in [5, 5.41) is 19.0. The highest BCUT2D eigenvalue weighted by Gasteiger charge is 2.27. The van der Waals surface area contributed by atoms with Crippen LogP contribution in [0.25, 0.3) is 0 Å². The molecule has 0 radical (unpaired) electrons. The van der Waals surface area contributed by atoms with Crippen molar-refractivity contribution in [2.45, 2.75) is 45.6 Å². The fourth-order valence-corrected chi connectivity index (χ4v) is 4.26. The minimum Gasteiger partial charge on any atom is -0.492 e. The van der Waals surface area contributed by atoms with Gasteiger partial charge in [-0.15, -0.1) is 4.73 Å². The molecule has 0 bridgehead atoms. The van der Waals surface area contributed by atoms with E-state index in [4.69, 9.17) is 15.3 Å². The predicted octanol–water partition coefficient (Wildman–Crippen LogP) is 1.02. The molecular weight excluding hydrogens is 378 g/mol. The van der Waals surface area contributed by atoms with Gasteiger partial charge in [-0.2, -0.15) is 0 Å². The number of sulfonamides is 1. The summed E-state index contributed by atoms with van der Waals surface area (Å²) in [6.07, 6.45) is 0.347. The van der Waals surface area contributed by atoms with Crippen molar-refractivity contribution in [3.63, 3.8) is 0 Å². The molecular formula is C16H29N3O7S. The molecule has 1 aromatic rings. The zero-order valence-corrected chi connectivity index (χ0v) is 16.5. The number of ether oxygens (including phenoxy) is 1. The number of nitrogens with zero attached hydrogens (tertiary/aromatic N) is 2. The Morgan fingerprint density at radius 1 is 1.19 bits per heavy atom. The molecule has 0 saturated carbocycles. The van der Waals surface area contributed by atoms with Gasteiger partial charge in [-0.1, -0.05) is 20.3 Å². The van der Waals surface area contributed by atoms with Gasteiger partial charge >= 0.3 is 6.16 Å². The molecule has 0 spiro atoms. The molecule has 1 unspecified atom stereocenters. The van der Waals surface area contributed by atoms with E-state index in [1.165, 1.54) is 4.31 Å². The van der Waals surface area contributed by atoms with Gasteiger partial charge < -0.3 is 20.7 Å². The average molecular weight is 407 g/mol. The molecule has 0 aliphatic rings. The van der Waals surface area contributed by atoms with Gasteiger partial charge in [0.15, 0.2) is 0 Å². The van der Waals surface area contributed by atoms with Gasteiger partial charge in [-0.05, 0) is 25.8 Å². The van der Waals surface area contributed by atoms with Crippen molar-refractivity contribution < 1.29 is 33.0 Å². The number of aromatic hydroxyl groups is 2. The SMILES string of the molecule is CCN(CC)S(=O)(=O)CC(CCCCCN)OC(=O)On1c(O)ccc1O. The van der Waals surface area contributed by atoms with E-state index in [9.17, 15) is 23.4 Å². The van der Waals surface area contributed by atoms with E-state index >= 15 is 0 Å². The molecule has 4 N–H and O–H groups in total. The topological polar surface area (TPSA) is 144 Å². The quantitative estimate of drug-likeness (QED) is 0.344. The number of carbonyl (C=O) groups is 1. The Balaban J connectivity index is 2.79. The Bertz CT molecular complexity index is 667. The Morgan fingerprint density at radius 2 is 1.78 bits per heavy atom. The van der Waals surface area contributed by atoms with Crippen LogP contribution in [-0.4, -0.2) is 65.3 Å². The van der Waals surface area contributed by atoms with Crippen LogP contribution in [0.15, 0.2) is 12.1 Å². The number of carbonyl (C=O) groups excluding carboxylic acids is 1. The molecule has 1 aromatic heterocycles. The third-order valence-corrected chi connectivity index (χ3v) is 6.05. The van der Waals surface area contributed by atoms with Crippen LogP contribution in [0.3, 0.4) is 0 Å². The van der Waals surface area contributed by atoms with Crippen LogP contribution in [0.4, 0.5) is 4.79 Å². The summed E-state index contributed by atoms with van der Waals surface area (Å²) >= 11 is 0. The fourth-order valence-electron chi connectivity index (χ4n) is 2.55. The number of hydrogen-bond acceptors (Lipinski definition) is 8. The summed E-state index contributed by atoms with van der Waals surface area (Å²) in [7, 11) is -3.62. The van der Waals surface area contributed by atoms with Crippen molar-refractivity contribution in [3.8, 4) is 11.8 Å². The Morgan fingerprint density at radius 3 is 2.30 bits per heavy atom. The van der Waals surface area contributed by atoms with Gasteiger partial charge in [0, 0.05) is 25.2 Å². The van der Waals surface area contributed by atoms with Gasteiger partial charge in [0.25, 0.3) is 0 Å². The number of unbranched alkanes of at least 4 members (excludes halogenated alkanes) is 2. The first kappa shape index (κ1) is 23.1. The van der Waals surface area contributed by atoms with Gasteiger partial charge in [0.1, 0.15) is 11.9 Å². The molecule has 0 aliphatic heterocycles.